The average molecular weight is 377 g/mol. The van der Waals surface area contributed by atoms with E-state index in [4.69, 9.17) is 10.7 Å². The molecule has 0 amide bonds. The third-order valence-electron chi connectivity index (χ3n) is 5.21. The van der Waals surface area contributed by atoms with E-state index < -0.39 is 14.7 Å². The van der Waals surface area contributed by atoms with Crippen molar-refractivity contribution >= 4 is 26.0 Å². The Bertz CT molecular complexity index is 643. The summed E-state index contributed by atoms with van der Waals surface area (Å²) < 4.78 is 42.4. The lowest BCUT2D eigenvalue weighted by Crippen LogP contribution is -2.20. The first-order chi connectivity index (χ1) is 11.2. The van der Waals surface area contributed by atoms with Crippen molar-refractivity contribution in [2.75, 3.05) is 0 Å². The maximum Gasteiger partial charge on any atom is 0.445 e. The molecule has 1 aromatic carbocycles. The van der Waals surface area contributed by atoms with Gasteiger partial charge in [-0.1, -0.05) is 51.7 Å². The lowest BCUT2D eigenvalue weighted by atomic mass is 9.97. The van der Waals surface area contributed by atoms with E-state index in [1.807, 2.05) is 26.0 Å². The number of allylic oxidation sites excluding steroid dienone is 1. The fraction of sp³-hybridized carbons (Fsp3) is 0.579. The summed E-state index contributed by atoms with van der Waals surface area (Å²) in [4.78, 5) is 0.761. The van der Waals surface area contributed by atoms with Gasteiger partial charge in [0.1, 0.15) is 0 Å². The van der Waals surface area contributed by atoms with E-state index in [9.17, 15) is 13.2 Å². The Morgan fingerprint density at radius 1 is 1.08 bits per heavy atom. The van der Waals surface area contributed by atoms with Crippen molar-refractivity contribution in [2.45, 2.75) is 68.7 Å². The van der Waals surface area contributed by atoms with Crippen LogP contribution in [0.5, 0.6) is 0 Å². The van der Waals surface area contributed by atoms with Gasteiger partial charge in [-0.25, -0.2) is 0 Å². The van der Waals surface area contributed by atoms with E-state index in [0.717, 1.165) is 44.1 Å². The lowest BCUT2D eigenvalue weighted by Gasteiger charge is -2.38. The molecule has 1 unspecified atom stereocenters. The minimum atomic E-state index is -4.41. The summed E-state index contributed by atoms with van der Waals surface area (Å²) in [6.07, 6.45) is 7.64. The molecule has 3 rings (SSSR count). The summed E-state index contributed by atoms with van der Waals surface area (Å²) in [6, 6.07) is 5.46. The Kier molecular flexibility index (Phi) is 5.00. The van der Waals surface area contributed by atoms with E-state index in [1.54, 1.807) is 12.1 Å². The molecule has 1 aromatic rings. The van der Waals surface area contributed by atoms with E-state index >= 15 is 0 Å². The van der Waals surface area contributed by atoms with Crippen molar-refractivity contribution < 1.29 is 13.2 Å². The zero-order valence-corrected chi connectivity index (χ0v) is 15.7. The molecule has 0 aromatic heterocycles. The number of halogens is 4. The number of benzene rings is 1. The number of hydrogen-bond donors (Lipinski definition) is 0. The summed E-state index contributed by atoms with van der Waals surface area (Å²) in [6.45, 7) is 3.99. The number of alkyl halides is 3. The van der Waals surface area contributed by atoms with Crippen LogP contribution in [0.15, 0.2) is 28.0 Å². The molecule has 1 saturated carbocycles. The molecule has 1 heterocycles. The molecule has 1 aliphatic heterocycles. The van der Waals surface area contributed by atoms with Gasteiger partial charge in [0.05, 0.1) is 0 Å². The van der Waals surface area contributed by atoms with E-state index in [1.165, 1.54) is 0 Å². The quantitative estimate of drug-likeness (QED) is 0.459. The van der Waals surface area contributed by atoms with Crippen LogP contribution in [0.3, 0.4) is 0 Å². The number of rotatable bonds is 2. The monoisotopic (exact) mass is 376 g/mol. The van der Waals surface area contributed by atoms with Gasteiger partial charge in [0.15, 0.2) is 0 Å². The molecule has 1 atom stereocenters. The first kappa shape index (κ1) is 18.2. The predicted octanol–water partition coefficient (Wildman–Crippen LogP) is 7.97. The fourth-order valence-electron chi connectivity index (χ4n) is 3.80. The molecule has 134 valence electrons. The Labute approximate surface area is 148 Å². The molecule has 0 radical (unpaired) electrons. The standard InChI is InChI=1S/C19H24ClF3S/c1-13(2)15-9-10-16-12-17(14-7-5-3-4-6-8-14)24(20,18(16)11-15)19(21,22)23/h9-14H,3-8H2,1-2H3. The largest absolute Gasteiger partial charge is 0.445 e. The zero-order valence-electron chi connectivity index (χ0n) is 14.1. The third-order valence-corrected chi connectivity index (χ3v) is 9.46. The Balaban J connectivity index is 2.09. The SMILES string of the molecule is CC(C)c1ccc2c(c1)S(Cl)(C(F)(F)F)C(C1CCCCCC1)=C2. The smallest absolute Gasteiger partial charge is 0.160 e. The molecule has 2 aliphatic rings. The van der Waals surface area contributed by atoms with Crippen LogP contribution < -0.4 is 0 Å². The fourth-order valence-corrected chi connectivity index (χ4v) is 7.22. The van der Waals surface area contributed by atoms with Gasteiger partial charge < -0.3 is 0 Å². The summed E-state index contributed by atoms with van der Waals surface area (Å²) in [5.41, 5.74) is -2.82. The number of fused-ring (bicyclic) bond motifs is 1. The average Bonchev–Trinajstić information content (AvgIpc) is 2.68. The van der Waals surface area contributed by atoms with Crippen molar-refractivity contribution in [1.82, 2.24) is 0 Å². The lowest BCUT2D eigenvalue weighted by molar-refractivity contribution is -0.0361. The van der Waals surface area contributed by atoms with Crippen molar-refractivity contribution in [1.29, 1.82) is 0 Å². The highest BCUT2D eigenvalue weighted by molar-refractivity contribution is 8.54. The first-order valence-electron chi connectivity index (χ1n) is 8.70. The van der Waals surface area contributed by atoms with Gasteiger partial charge in [-0.05, 0) is 72.8 Å². The molecule has 1 fully saturated rings. The molecular weight excluding hydrogens is 353 g/mol. The van der Waals surface area contributed by atoms with Gasteiger partial charge in [0, 0.05) is 4.90 Å². The van der Waals surface area contributed by atoms with Gasteiger partial charge in [-0.3, -0.25) is 0 Å². The molecule has 0 N–H and O–H groups in total. The highest BCUT2D eigenvalue weighted by Crippen LogP contribution is 2.81. The van der Waals surface area contributed by atoms with Crippen LogP contribution in [0.2, 0.25) is 0 Å². The van der Waals surface area contributed by atoms with Gasteiger partial charge >= 0.3 is 5.51 Å². The van der Waals surface area contributed by atoms with E-state index in [-0.39, 0.29) is 11.8 Å². The molecule has 24 heavy (non-hydrogen) atoms. The second-order valence-corrected chi connectivity index (χ2v) is 11.0. The Morgan fingerprint density at radius 3 is 2.25 bits per heavy atom. The van der Waals surface area contributed by atoms with Crippen molar-refractivity contribution in [3.63, 3.8) is 0 Å². The summed E-state index contributed by atoms with van der Waals surface area (Å²) in [7, 11) is 3.04. The van der Waals surface area contributed by atoms with Gasteiger partial charge in [-0.2, -0.15) is 13.2 Å². The molecule has 0 bridgehead atoms. The molecular formula is C19H24ClF3S. The molecule has 0 spiro atoms. The molecule has 1 aliphatic carbocycles. The topological polar surface area (TPSA) is 0 Å². The summed E-state index contributed by atoms with van der Waals surface area (Å²) >= 11 is 0. The molecule has 5 heteroatoms. The van der Waals surface area contributed by atoms with Crippen LogP contribution in [0.1, 0.15) is 69.4 Å². The van der Waals surface area contributed by atoms with Crippen LogP contribution in [0.4, 0.5) is 13.2 Å². The van der Waals surface area contributed by atoms with Crippen molar-refractivity contribution in [3.05, 3.63) is 34.2 Å². The maximum absolute atomic E-state index is 14.1. The third kappa shape index (κ3) is 3.01. The van der Waals surface area contributed by atoms with Gasteiger partial charge in [0.2, 0.25) is 0 Å². The zero-order chi connectivity index (χ0) is 17.5. The molecule has 0 nitrogen and oxygen atoms in total. The van der Waals surface area contributed by atoms with E-state index in [2.05, 4.69) is 0 Å². The van der Waals surface area contributed by atoms with Gasteiger partial charge in [0.25, 0.3) is 0 Å². The second-order valence-electron chi connectivity index (χ2n) is 7.17. The first-order valence-corrected chi connectivity index (χ1v) is 11.2. The van der Waals surface area contributed by atoms with Crippen LogP contribution >= 0.6 is 19.9 Å². The highest BCUT2D eigenvalue weighted by atomic mass is 35.7. The minimum absolute atomic E-state index is 0.0310. The minimum Gasteiger partial charge on any atom is -0.160 e. The Hall–Kier alpha value is -0.610. The Morgan fingerprint density at radius 2 is 1.71 bits per heavy atom. The summed E-state index contributed by atoms with van der Waals surface area (Å²) in [5.74, 6) is 0.155. The van der Waals surface area contributed by atoms with Gasteiger partial charge in [-0.15, -0.1) is 0 Å². The number of hydrogen-bond acceptors (Lipinski definition) is 0. The molecule has 0 saturated heterocycles. The maximum atomic E-state index is 14.1. The second kappa shape index (κ2) is 6.60. The van der Waals surface area contributed by atoms with Crippen LogP contribution in [0, 0.1) is 5.92 Å². The summed E-state index contributed by atoms with van der Waals surface area (Å²) in [5, 5.41) is 0. The van der Waals surface area contributed by atoms with Crippen molar-refractivity contribution in [2.24, 2.45) is 5.92 Å². The van der Waals surface area contributed by atoms with Crippen LogP contribution in [-0.4, -0.2) is 5.51 Å². The van der Waals surface area contributed by atoms with Crippen LogP contribution in [-0.2, 0) is 0 Å². The van der Waals surface area contributed by atoms with Crippen molar-refractivity contribution in [3.8, 4) is 0 Å². The van der Waals surface area contributed by atoms with Crippen LogP contribution in [0.25, 0.3) is 6.08 Å². The normalized spacial score (nSPS) is 28.2. The predicted molar refractivity (Wildman–Crippen MR) is 97.5 cm³/mol. The highest BCUT2D eigenvalue weighted by Gasteiger charge is 2.57. The van der Waals surface area contributed by atoms with E-state index in [0.29, 0.717) is 15.4 Å².